The lowest BCUT2D eigenvalue weighted by molar-refractivity contribution is -0.143. The normalized spacial score (nSPS) is 13.6. The Balaban J connectivity index is 2.38. The molecule has 0 aliphatic heterocycles. The van der Waals surface area contributed by atoms with Gasteiger partial charge in [0.05, 0.1) is 21.6 Å². The third kappa shape index (κ3) is 5.85. The van der Waals surface area contributed by atoms with Crippen LogP contribution in [0.5, 0.6) is 0 Å². The van der Waals surface area contributed by atoms with Gasteiger partial charge >= 0.3 is 18.5 Å². The van der Waals surface area contributed by atoms with E-state index in [0.29, 0.717) is 12.1 Å². The van der Waals surface area contributed by atoms with E-state index in [-0.39, 0.29) is 23.8 Å². The van der Waals surface area contributed by atoms with Gasteiger partial charge in [0.15, 0.2) is 0 Å². The zero-order valence-electron chi connectivity index (χ0n) is 13.9. The molecule has 0 aliphatic rings. The van der Waals surface area contributed by atoms with E-state index >= 15 is 0 Å². The molecule has 0 radical (unpaired) electrons. The molecular weight excluding hydrogens is 441 g/mol. The number of halogens is 9. The molecular formula is C16H10F9NO2S. The van der Waals surface area contributed by atoms with Crippen LogP contribution < -0.4 is 4.72 Å². The minimum Gasteiger partial charge on any atom is -0.207 e. The number of hydrogen-bond acceptors (Lipinski definition) is 2. The largest absolute Gasteiger partial charge is 0.416 e. The van der Waals surface area contributed by atoms with Crippen molar-refractivity contribution in [1.82, 2.24) is 4.72 Å². The smallest absolute Gasteiger partial charge is 0.207 e. The highest BCUT2D eigenvalue weighted by Gasteiger charge is 2.38. The molecule has 0 spiro atoms. The maximum atomic E-state index is 12.8. The summed E-state index contributed by atoms with van der Waals surface area (Å²) in [6.45, 7) is -0.788. The van der Waals surface area contributed by atoms with E-state index in [1.54, 1.807) is 4.72 Å². The van der Waals surface area contributed by atoms with Crippen LogP contribution in [0.25, 0.3) is 0 Å². The van der Waals surface area contributed by atoms with Gasteiger partial charge in [-0.2, -0.15) is 39.5 Å². The highest BCUT2D eigenvalue weighted by atomic mass is 32.2. The zero-order chi connectivity index (χ0) is 22.3. The predicted octanol–water partition coefficient (Wildman–Crippen LogP) is 5.22. The molecule has 0 amide bonds. The van der Waals surface area contributed by atoms with Crippen molar-refractivity contribution in [3.8, 4) is 0 Å². The summed E-state index contributed by atoms with van der Waals surface area (Å²) in [4.78, 5) is -1.33. The zero-order valence-corrected chi connectivity index (χ0v) is 14.7. The van der Waals surface area contributed by atoms with Gasteiger partial charge in [0, 0.05) is 6.54 Å². The lowest BCUT2D eigenvalue weighted by atomic mass is 10.1. The molecule has 0 aliphatic carbocycles. The van der Waals surface area contributed by atoms with Gasteiger partial charge in [0.1, 0.15) is 0 Å². The van der Waals surface area contributed by atoms with Gasteiger partial charge in [0.25, 0.3) is 0 Å². The number of rotatable bonds is 4. The van der Waals surface area contributed by atoms with Crippen LogP contribution in [0.2, 0.25) is 0 Å². The van der Waals surface area contributed by atoms with E-state index < -0.39 is 56.7 Å². The molecule has 2 aromatic carbocycles. The topological polar surface area (TPSA) is 46.2 Å². The first-order valence-electron chi connectivity index (χ1n) is 7.45. The summed E-state index contributed by atoms with van der Waals surface area (Å²) in [5, 5.41) is 0. The van der Waals surface area contributed by atoms with E-state index in [2.05, 4.69) is 0 Å². The molecule has 2 rings (SSSR count). The summed E-state index contributed by atoms with van der Waals surface area (Å²) in [5.41, 5.74) is -4.99. The van der Waals surface area contributed by atoms with E-state index in [0.717, 1.165) is 12.1 Å². The maximum absolute atomic E-state index is 12.8. The average Bonchev–Trinajstić information content (AvgIpc) is 2.58. The fraction of sp³-hybridized carbons (Fsp3) is 0.250. The Morgan fingerprint density at radius 2 is 1.17 bits per heavy atom. The van der Waals surface area contributed by atoms with Gasteiger partial charge in [-0.3, -0.25) is 0 Å². The van der Waals surface area contributed by atoms with Crippen LogP contribution in [0.15, 0.2) is 47.4 Å². The number of benzene rings is 2. The molecule has 13 heteroatoms. The molecule has 0 aromatic heterocycles. The number of hydrogen-bond donors (Lipinski definition) is 1. The van der Waals surface area contributed by atoms with Crippen molar-refractivity contribution in [3.05, 3.63) is 64.7 Å². The maximum Gasteiger partial charge on any atom is 0.416 e. The van der Waals surface area contributed by atoms with E-state index in [4.69, 9.17) is 0 Å². The Morgan fingerprint density at radius 1 is 0.690 bits per heavy atom. The second-order valence-electron chi connectivity index (χ2n) is 5.76. The lowest BCUT2D eigenvalue weighted by Crippen LogP contribution is -2.24. The fourth-order valence-corrected chi connectivity index (χ4v) is 3.29. The molecule has 0 saturated heterocycles. The van der Waals surface area contributed by atoms with E-state index in [9.17, 15) is 47.9 Å². The Morgan fingerprint density at radius 3 is 1.62 bits per heavy atom. The van der Waals surface area contributed by atoms with Crippen molar-refractivity contribution in [3.63, 3.8) is 0 Å². The number of nitrogens with one attached hydrogen (secondary N) is 1. The van der Waals surface area contributed by atoms with Gasteiger partial charge in [-0.15, -0.1) is 0 Å². The molecule has 3 nitrogen and oxygen atoms in total. The third-order valence-electron chi connectivity index (χ3n) is 3.59. The summed E-state index contributed by atoms with van der Waals surface area (Å²) < 4.78 is 141. The van der Waals surface area contributed by atoms with E-state index in [1.807, 2.05) is 0 Å². The molecule has 0 bridgehead atoms. The SMILES string of the molecule is O=S(=O)(NCc1cccc(C(F)(F)F)c1)c1cc(C(F)(F)F)cc(C(F)(F)F)c1. The van der Waals surface area contributed by atoms with Gasteiger partial charge in [-0.1, -0.05) is 18.2 Å². The van der Waals surface area contributed by atoms with Crippen LogP contribution in [0.4, 0.5) is 39.5 Å². The quantitative estimate of drug-likeness (QED) is 0.648. The Bertz CT molecular complexity index is 960. The van der Waals surface area contributed by atoms with Crippen molar-refractivity contribution in [2.75, 3.05) is 0 Å². The molecule has 29 heavy (non-hydrogen) atoms. The Kier molecular flexibility index (Phi) is 5.96. The standard InChI is InChI=1S/C16H10F9NO2S/c17-14(18,19)10-3-1-2-9(4-10)8-26-29(27,28)13-6-11(15(20,21)22)5-12(7-13)16(23,24)25/h1-7,26H,8H2. The van der Waals surface area contributed by atoms with Crippen molar-refractivity contribution in [1.29, 1.82) is 0 Å². The first-order valence-corrected chi connectivity index (χ1v) is 8.94. The van der Waals surface area contributed by atoms with Crippen molar-refractivity contribution >= 4 is 10.0 Å². The highest BCUT2D eigenvalue weighted by Crippen LogP contribution is 2.37. The molecule has 0 fully saturated rings. The molecule has 0 atom stereocenters. The minimum atomic E-state index is -5.26. The van der Waals surface area contributed by atoms with Gasteiger partial charge in [-0.05, 0) is 29.8 Å². The van der Waals surface area contributed by atoms with Crippen molar-refractivity contribution in [2.24, 2.45) is 0 Å². The lowest BCUT2D eigenvalue weighted by Gasteiger charge is -2.15. The van der Waals surface area contributed by atoms with Crippen LogP contribution in [0, 0.1) is 0 Å². The van der Waals surface area contributed by atoms with Crippen LogP contribution in [0.3, 0.4) is 0 Å². The second kappa shape index (κ2) is 7.52. The molecule has 0 heterocycles. The molecule has 1 N–H and O–H groups in total. The minimum absolute atomic E-state index is 0.00368. The van der Waals surface area contributed by atoms with Crippen molar-refractivity contribution in [2.45, 2.75) is 30.0 Å². The second-order valence-corrected chi connectivity index (χ2v) is 7.53. The molecule has 160 valence electrons. The summed E-state index contributed by atoms with van der Waals surface area (Å²) in [7, 11) is -4.90. The summed E-state index contributed by atoms with van der Waals surface area (Å²) in [5.74, 6) is 0. The predicted molar refractivity (Wildman–Crippen MR) is 81.9 cm³/mol. The average molecular weight is 451 g/mol. The van der Waals surface area contributed by atoms with Crippen LogP contribution >= 0.6 is 0 Å². The van der Waals surface area contributed by atoms with Crippen LogP contribution in [-0.2, 0) is 35.1 Å². The first-order chi connectivity index (χ1) is 13.0. The van der Waals surface area contributed by atoms with Crippen molar-refractivity contribution < 1.29 is 47.9 Å². The van der Waals surface area contributed by atoms with Crippen LogP contribution in [-0.4, -0.2) is 8.42 Å². The molecule has 0 unspecified atom stereocenters. The van der Waals surface area contributed by atoms with Gasteiger partial charge < -0.3 is 0 Å². The highest BCUT2D eigenvalue weighted by molar-refractivity contribution is 7.89. The summed E-state index contributed by atoms with van der Waals surface area (Å²) >= 11 is 0. The summed E-state index contributed by atoms with van der Waals surface area (Å²) in [6.07, 6.45) is -15.2. The number of sulfonamides is 1. The Labute approximate surface area is 158 Å². The number of alkyl halides is 9. The van der Waals surface area contributed by atoms with Crippen LogP contribution in [0.1, 0.15) is 22.3 Å². The van der Waals surface area contributed by atoms with Gasteiger partial charge in [-0.25, -0.2) is 13.1 Å². The van der Waals surface area contributed by atoms with Gasteiger partial charge in [0.2, 0.25) is 10.0 Å². The fourth-order valence-electron chi connectivity index (χ4n) is 2.20. The monoisotopic (exact) mass is 451 g/mol. The molecule has 2 aromatic rings. The summed E-state index contributed by atoms with van der Waals surface area (Å²) in [6, 6.07) is 3.14. The Hall–Kier alpha value is -2.28. The first kappa shape index (κ1) is 23.0. The third-order valence-corrected chi connectivity index (χ3v) is 4.97. The molecule has 0 saturated carbocycles. The van der Waals surface area contributed by atoms with E-state index in [1.165, 1.54) is 0 Å².